The van der Waals surface area contributed by atoms with E-state index >= 15 is 0 Å². The highest BCUT2D eigenvalue weighted by atomic mass is 35.5. The monoisotopic (exact) mass is 409 g/mol. The molecule has 2 N–H and O–H groups in total. The molecule has 0 saturated carbocycles. The molecule has 0 aromatic heterocycles. The summed E-state index contributed by atoms with van der Waals surface area (Å²) >= 11 is 6.02. The summed E-state index contributed by atoms with van der Waals surface area (Å²) in [6, 6.07) is 5.36. The molecule has 2 aliphatic heterocycles. The molecule has 2 aliphatic rings. The zero-order valence-electron chi connectivity index (χ0n) is 14.3. The second-order valence-corrected chi connectivity index (χ2v) is 6.77. The highest BCUT2D eigenvalue weighted by Crippen LogP contribution is 2.28. The molecule has 2 fully saturated rings. The topological polar surface area (TPSA) is 53.6 Å². The zero-order chi connectivity index (χ0) is 16.2. The molecule has 0 spiro atoms. The third kappa shape index (κ3) is 5.55. The largest absolute Gasteiger partial charge is 0.495 e. The Bertz CT molecular complexity index is 560. The normalized spacial score (nSPS) is 22.1. The molecule has 0 radical (unpaired) electrons. The van der Waals surface area contributed by atoms with Crippen molar-refractivity contribution in [3.63, 3.8) is 0 Å². The third-order valence-electron chi connectivity index (χ3n) is 4.96. The molecule has 5 nitrogen and oxygen atoms in total. The number of carbonyl (C=O) groups is 1. The Morgan fingerprint density at radius 1 is 1.28 bits per heavy atom. The van der Waals surface area contributed by atoms with Gasteiger partial charge in [-0.3, -0.25) is 4.79 Å². The summed E-state index contributed by atoms with van der Waals surface area (Å²) in [6.07, 6.45) is 2.20. The van der Waals surface area contributed by atoms with Gasteiger partial charge in [-0.05, 0) is 56.0 Å². The minimum atomic E-state index is 0. The summed E-state index contributed by atoms with van der Waals surface area (Å²) in [4.78, 5) is 14.5. The Hall–Kier alpha value is -0.880. The number of methoxy groups -OCH3 is 1. The summed E-state index contributed by atoms with van der Waals surface area (Å²) in [7, 11) is 1.61. The lowest BCUT2D eigenvalue weighted by atomic mass is 9.92. The Labute approximate surface area is 166 Å². The van der Waals surface area contributed by atoms with Crippen molar-refractivity contribution in [2.75, 3.05) is 45.2 Å². The maximum absolute atomic E-state index is 12.5. The summed E-state index contributed by atoms with van der Waals surface area (Å²) in [5.41, 5.74) is 0.754. The molecule has 8 heteroatoms. The van der Waals surface area contributed by atoms with E-state index in [9.17, 15) is 4.79 Å². The summed E-state index contributed by atoms with van der Waals surface area (Å²) < 4.78 is 5.30. The minimum absolute atomic E-state index is 0. The minimum Gasteiger partial charge on any atom is -0.495 e. The van der Waals surface area contributed by atoms with Crippen molar-refractivity contribution < 1.29 is 9.53 Å². The van der Waals surface area contributed by atoms with Crippen molar-refractivity contribution in [2.45, 2.75) is 12.8 Å². The number of nitrogens with one attached hydrogen (secondary N) is 2. The van der Waals surface area contributed by atoms with E-state index in [0.29, 0.717) is 10.8 Å². The van der Waals surface area contributed by atoms with Crippen molar-refractivity contribution in [1.82, 2.24) is 10.2 Å². The van der Waals surface area contributed by atoms with Crippen molar-refractivity contribution in [3.8, 4) is 5.75 Å². The second-order valence-electron chi connectivity index (χ2n) is 6.33. The van der Waals surface area contributed by atoms with Crippen LogP contribution in [0.3, 0.4) is 0 Å². The van der Waals surface area contributed by atoms with Gasteiger partial charge in [-0.25, -0.2) is 0 Å². The van der Waals surface area contributed by atoms with Crippen LogP contribution in [0, 0.1) is 11.8 Å². The predicted molar refractivity (Wildman–Crippen MR) is 107 cm³/mol. The lowest BCUT2D eigenvalue weighted by Crippen LogP contribution is -2.36. The Balaban J connectivity index is 0.00000156. The highest BCUT2D eigenvalue weighted by Gasteiger charge is 2.31. The molecule has 0 unspecified atom stereocenters. The third-order valence-corrected chi connectivity index (χ3v) is 5.20. The molecule has 2 atom stereocenters. The van der Waals surface area contributed by atoms with E-state index in [1.807, 2.05) is 4.90 Å². The number of anilines is 1. The predicted octanol–water partition coefficient (Wildman–Crippen LogP) is 3.06. The quantitative estimate of drug-likeness (QED) is 0.801. The molecule has 1 amide bonds. The van der Waals surface area contributed by atoms with Gasteiger partial charge in [-0.15, -0.1) is 24.8 Å². The maximum atomic E-state index is 12.5. The van der Waals surface area contributed by atoms with Crippen LogP contribution in [0.25, 0.3) is 0 Å². The van der Waals surface area contributed by atoms with E-state index in [4.69, 9.17) is 16.3 Å². The molecule has 2 heterocycles. The van der Waals surface area contributed by atoms with Crippen LogP contribution >= 0.6 is 36.4 Å². The number of amides is 1. The number of carbonyl (C=O) groups excluding carboxylic acids is 1. The second kappa shape index (κ2) is 10.3. The number of fused-ring (bicyclic) bond motifs is 1. The van der Waals surface area contributed by atoms with Crippen molar-refractivity contribution in [2.24, 2.45) is 11.8 Å². The number of halogens is 3. The van der Waals surface area contributed by atoms with E-state index in [1.54, 1.807) is 25.3 Å². The molecule has 1 aromatic rings. The van der Waals surface area contributed by atoms with Gasteiger partial charge in [-0.1, -0.05) is 11.6 Å². The van der Waals surface area contributed by atoms with E-state index in [-0.39, 0.29) is 37.3 Å². The number of rotatable bonds is 4. The van der Waals surface area contributed by atoms with Crippen molar-refractivity contribution in [3.05, 3.63) is 23.2 Å². The number of nitrogens with zero attached hydrogens (tertiary/aromatic N) is 1. The molecule has 25 heavy (non-hydrogen) atoms. The molecular formula is C17H26Cl3N3O2. The molecular weight excluding hydrogens is 385 g/mol. The molecule has 142 valence electrons. The first-order valence-electron chi connectivity index (χ1n) is 8.23. The number of hydrogen-bond acceptors (Lipinski definition) is 4. The van der Waals surface area contributed by atoms with Gasteiger partial charge in [0.2, 0.25) is 5.91 Å². The molecule has 0 aliphatic carbocycles. The first-order chi connectivity index (χ1) is 11.2. The first kappa shape index (κ1) is 22.2. The smallest absolute Gasteiger partial charge is 0.241 e. The first-order valence-corrected chi connectivity index (χ1v) is 8.61. The van der Waals surface area contributed by atoms with E-state index in [0.717, 1.165) is 56.5 Å². The number of ether oxygens (including phenoxy) is 1. The summed E-state index contributed by atoms with van der Waals surface area (Å²) in [5.74, 6) is 2.29. The molecule has 1 aromatic carbocycles. The van der Waals surface area contributed by atoms with Crippen molar-refractivity contribution in [1.29, 1.82) is 0 Å². The van der Waals surface area contributed by atoms with Crippen molar-refractivity contribution >= 4 is 48.0 Å². The van der Waals surface area contributed by atoms with Gasteiger partial charge >= 0.3 is 0 Å². The highest BCUT2D eigenvalue weighted by molar-refractivity contribution is 6.30. The van der Waals surface area contributed by atoms with E-state index in [2.05, 4.69) is 10.6 Å². The van der Waals surface area contributed by atoms with Crippen LogP contribution in [0.2, 0.25) is 5.02 Å². The average molecular weight is 411 g/mol. The van der Waals surface area contributed by atoms with Gasteiger partial charge in [0.1, 0.15) is 5.75 Å². The number of hydrogen-bond donors (Lipinski definition) is 2. The fourth-order valence-electron chi connectivity index (χ4n) is 3.57. The standard InChI is InChI=1S/C17H24ClN3O2.2ClH/c1-23-16-3-2-14(18)8-15(16)20-11-17(22)21-6-4-12-9-19-10-13(12)5-7-21;;/h2-3,8,12-13,19-20H,4-7,9-11H2,1H3;2*1H/t12-,13+;;. The van der Waals surface area contributed by atoms with Gasteiger partial charge in [0.15, 0.2) is 0 Å². The summed E-state index contributed by atoms with van der Waals surface area (Å²) in [6.45, 7) is 4.19. The van der Waals surface area contributed by atoms with Crippen LogP contribution in [-0.2, 0) is 4.79 Å². The fraction of sp³-hybridized carbons (Fsp3) is 0.588. The van der Waals surface area contributed by atoms with Gasteiger partial charge in [0, 0.05) is 18.1 Å². The molecule has 2 saturated heterocycles. The van der Waals surface area contributed by atoms with E-state index in [1.165, 1.54) is 0 Å². The Kier molecular flexibility index (Phi) is 9.14. The van der Waals surface area contributed by atoms with Crippen LogP contribution in [0.15, 0.2) is 18.2 Å². The van der Waals surface area contributed by atoms with Crippen LogP contribution in [0.4, 0.5) is 5.69 Å². The van der Waals surface area contributed by atoms with Gasteiger partial charge < -0.3 is 20.3 Å². The van der Waals surface area contributed by atoms with E-state index < -0.39 is 0 Å². The van der Waals surface area contributed by atoms with Crippen LogP contribution in [0.5, 0.6) is 5.75 Å². The van der Waals surface area contributed by atoms with Gasteiger partial charge in [0.25, 0.3) is 0 Å². The Morgan fingerprint density at radius 3 is 2.52 bits per heavy atom. The SMILES string of the molecule is COc1ccc(Cl)cc1NCC(=O)N1CC[C@@H]2CNC[C@@H]2CC1.Cl.Cl. The lowest BCUT2D eigenvalue weighted by molar-refractivity contribution is -0.129. The average Bonchev–Trinajstić information content (AvgIpc) is 2.91. The molecule has 0 bridgehead atoms. The van der Waals surface area contributed by atoms with Crippen LogP contribution in [-0.4, -0.2) is 50.6 Å². The maximum Gasteiger partial charge on any atom is 0.241 e. The Morgan fingerprint density at radius 2 is 1.92 bits per heavy atom. The van der Waals surface area contributed by atoms with Gasteiger partial charge in [-0.2, -0.15) is 0 Å². The number of benzene rings is 1. The van der Waals surface area contributed by atoms with Gasteiger partial charge in [0.05, 0.1) is 19.3 Å². The summed E-state index contributed by atoms with van der Waals surface area (Å²) in [5, 5.41) is 7.24. The van der Waals surface area contributed by atoms with Crippen LogP contribution in [0.1, 0.15) is 12.8 Å². The zero-order valence-corrected chi connectivity index (χ0v) is 16.7. The van der Waals surface area contributed by atoms with Crippen LogP contribution < -0.4 is 15.4 Å². The fourth-order valence-corrected chi connectivity index (χ4v) is 3.74. The number of likely N-dealkylation sites (tertiary alicyclic amines) is 1. The molecule has 3 rings (SSSR count). The lowest BCUT2D eigenvalue weighted by Gasteiger charge is -2.22.